The van der Waals surface area contributed by atoms with Gasteiger partial charge in [0.15, 0.2) is 5.58 Å². The Bertz CT molecular complexity index is 1130. The summed E-state index contributed by atoms with van der Waals surface area (Å²) in [6, 6.07) is 7.43. The van der Waals surface area contributed by atoms with Gasteiger partial charge in [-0.3, -0.25) is 14.4 Å². The van der Waals surface area contributed by atoms with Crippen molar-refractivity contribution >= 4 is 22.8 Å². The van der Waals surface area contributed by atoms with Gasteiger partial charge in [-0.05, 0) is 29.7 Å². The first kappa shape index (κ1) is 18.0. The van der Waals surface area contributed by atoms with Crippen molar-refractivity contribution in [2.24, 2.45) is 0 Å². The molecule has 0 saturated heterocycles. The molecule has 1 aliphatic rings. The third-order valence-corrected chi connectivity index (χ3v) is 5.03. The molecule has 0 bridgehead atoms. The average molecular weight is 380 g/mol. The molecule has 1 N–H and O–H groups in total. The van der Waals surface area contributed by atoms with Crippen LogP contribution >= 0.6 is 0 Å². The molecule has 1 aliphatic heterocycles. The van der Waals surface area contributed by atoms with E-state index in [-0.39, 0.29) is 23.8 Å². The number of H-pyrrole nitrogens is 1. The highest BCUT2D eigenvalue weighted by Gasteiger charge is 2.28. The number of aromatic amines is 1. The van der Waals surface area contributed by atoms with Crippen LogP contribution in [0.3, 0.4) is 0 Å². The number of hydrogen-bond donors (Lipinski definition) is 1. The summed E-state index contributed by atoms with van der Waals surface area (Å²) in [6.07, 6.45) is 2.19. The number of amides is 2. The van der Waals surface area contributed by atoms with Crippen molar-refractivity contribution in [3.05, 3.63) is 63.2 Å². The van der Waals surface area contributed by atoms with Gasteiger partial charge in [0.1, 0.15) is 11.3 Å². The van der Waals surface area contributed by atoms with Crippen molar-refractivity contribution < 1.29 is 14.1 Å². The number of para-hydroxylation sites is 1. The summed E-state index contributed by atoms with van der Waals surface area (Å²) in [5.41, 5.74) is 2.53. The van der Waals surface area contributed by atoms with Crippen LogP contribution in [0.5, 0.6) is 0 Å². The van der Waals surface area contributed by atoms with Gasteiger partial charge in [-0.1, -0.05) is 17.3 Å². The van der Waals surface area contributed by atoms with E-state index in [9.17, 15) is 14.4 Å². The van der Waals surface area contributed by atoms with Crippen LogP contribution in [-0.2, 0) is 24.2 Å². The van der Waals surface area contributed by atoms with Gasteiger partial charge in [0.2, 0.25) is 5.91 Å². The number of fused-ring (bicyclic) bond motifs is 2. The summed E-state index contributed by atoms with van der Waals surface area (Å²) in [6.45, 7) is 0.785. The molecule has 8 nitrogen and oxygen atoms in total. The van der Waals surface area contributed by atoms with E-state index in [0.29, 0.717) is 30.8 Å². The Labute approximate surface area is 160 Å². The first-order chi connectivity index (χ1) is 13.5. The van der Waals surface area contributed by atoms with Gasteiger partial charge < -0.3 is 19.3 Å². The summed E-state index contributed by atoms with van der Waals surface area (Å²) < 4.78 is 5.27. The molecule has 4 rings (SSSR count). The highest BCUT2D eigenvalue weighted by molar-refractivity contribution is 5.95. The lowest BCUT2D eigenvalue weighted by molar-refractivity contribution is -0.131. The van der Waals surface area contributed by atoms with Gasteiger partial charge in [-0.25, -0.2) is 0 Å². The summed E-state index contributed by atoms with van der Waals surface area (Å²) in [5, 5.41) is 4.85. The van der Waals surface area contributed by atoms with Crippen LogP contribution in [0, 0.1) is 0 Å². The molecule has 0 radical (unpaired) electrons. The van der Waals surface area contributed by atoms with Crippen LogP contribution in [-0.4, -0.2) is 52.4 Å². The molecule has 0 fully saturated rings. The van der Waals surface area contributed by atoms with Crippen molar-refractivity contribution in [2.45, 2.75) is 19.4 Å². The molecule has 28 heavy (non-hydrogen) atoms. The quantitative estimate of drug-likeness (QED) is 0.739. The van der Waals surface area contributed by atoms with E-state index < -0.39 is 5.56 Å². The minimum absolute atomic E-state index is 0.0728. The maximum Gasteiger partial charge on any atom is 0.261 e. The lowest BCUT2D eigenvalue weighted by Gasteiger charge is -2.29. The molecule has 144 valence electrons. The number of benzene rings is 1. The maximum absolute atomic E-state index is 12.8. The lowest BCUT2D eigenvalue weighted by Crippen LogP contribution is -2.40. The Kier molecular flexibility index (Phi) is 4.46. The second-order valence-electron chi connectivity index (χ2n) is 7.06. The number of aromatic nitrogens is 2. The largest absolute Gasteiger partial charge is 0.356 e. The van der Waals surface area contributed by atoms with Crippen LogP contribution < -0.4 is 5.56 Å². The van der Waals surface area contributed by atoms with E-state index >= 15 is 0 Å². The van der Waals surface area contributed by atoms with Crippen LogP contribution in [0.1, 0.15) is 27.2 Å². The predicted octanol–water partition coefficient (Wildman–Crippen LogP) is 1.35. The Morgan fingerprint density at radius 2 is 2.07 bits per heavy atom. The van der Waals surface area contributed by atoms with E-state index in [4.69, 9.17) is 4.52 Å². The standard InChI is InChI=1S/C20H20N4O4/c1-23(2)20(27)18-13-7-8-24(11-12(13)10-21-19(18)26)17(25)9-15-14-5-3-4-6-16(14)28-22-15/h3-6,10H,7-9,11H2,1-2H3,(H,21,26). The molecule has 1 aromatic carbocycles. The number of hydrogen-bond acceptors (Lipinski definition) is 5. The molecule has 2 amide bonds. The van der Waals surface area contributed by atoms with E-state index in [1.807, 2.05) is 24.3 Å². The van der Waals surface area contributed by atoms with Crippen molar-refractivity contribution in [1.82, 2.24) is 19.9 Å². The van der Waals surface area contributed by atoms with E-state index in [0.717, 1.165) is 16.5 Å². The Hall–Kier alpha value is -3.42. The summed E-state index contributed by atoms with van der Waals surface area (Å²) >= 11 is 0. The topological polar surface area (TPSA) is 99.5 Å². The smallest absolute Gasteiger partial charge is 0.261 e. The van der Waals surface area contributed by atoms with Crippen LogP contribution in [0.4, 0.5) is 0 Å². The molecule has 3 aromatic rings. The van der Waals surface area contributed by atoms with Gasteiger partial charge in [0.25, 0.3) is 11.5 Å². The van der Waals surface area contributed by atoms with Gasteiger partial charge in [-0.15, -0.1) is 0 Å². The summed E-state index contributed by atoms with van der Waals surface area (Å²) in [7, 11) is 3.23. The van der Waals surface area contributed by atoms with E-state index in [2.05, 4.69) is 10.1 Å². The van der Waals surface area contributed by atoms with Gasteiger partial charge in [0.05, 0.1) is 6.42 Å². The zero-order valence-electron chi connectivity index (χ0n) is 15.7. The second kappa shape index (κ2) is 6.95. The van der Waals surface area contributed by atoms with Gasteiger partial charge in [-0.2, -0.15) is 0 Å². The van der Waals surface area contributed by atoms with Crippen LogP contribution in [0.15, 0.2) is 39.8 Å². The van der Waals surface area contributed by atoms with Gasteiger partial charge in [0, 0.05) is 38.8 Å². The Balaban J connectivity index is 1.57. The highest BCUT2D eigenvalue weighted by Crippen LogP contribution is 2.23. The fourth-order valence-electron chi connectivity index (χ4n) is 3.55. The van der Waals surface area contributed by atoms with E-state index in [1.165, 1.54) is 4.90 Å². The summed E-state index contributed by atoms with van der Waals surface area (Å²) in [5.74, 6) is -0.400. The highest BCUT2D eigenvalue weighted by atomic mass is 16.5. The summed E-state index contributed by atoms with van der Waals surface area (Å²) in [4.78, 5) is 43.1. The third kappa shape index (κ3) is 3.06. The molecule has 8 heteroatoms. The monoisotopic (exact) mass is 380 g/mol. The normalized spacial score (nSPS) is 13.4. The van der Waals surface area contributed by atoms with Crippen molar-refractivity contribution in [2.75, 3.05) is 20.6 Å². The Morgan fingerprint density at radius 1 is 1.29 bits per heavy atom. The zero-order valence-corrected chi connectivity index (χ0v) is 15.7. The van der Waals surface area contributed by atoms with Gasteiger partial charge >= 0.3 is 0 Å². The molecule has 0 atom stereocenters. The predicted molar refractivity (Wildman–Crippen MR) is 102 cm³/mol. The number of nitrogens with zero attached hydrogens (tertiary/aromatic N) is 3. The number of rotatable bonds is 3. The SMILES string of the molecule is CN(C)C(=O)c1c2c(c[nH]c1=O)CN(C(=O)Cc1noc3ccccc13)CC2. The van der Waals surface area contributed by atoms with E-state index in [1.54, 1.807) is 25.2 Å². The molecule has 2 aromatic heterocycles. The van der Waals surface area contributed by atoms with Crippen LogP contribution in [0.2, 0.25) is 0 Å². The average Bonchev–Trinajstić information content (AvgIpc) is 3.10. The molecule has 0 saturated carbocycles. The first-order valence-electron chi connectivity index (χ1n) is 9.02. The molecule has 0 spiro atoms. The third-order valence-electron chi connectivity index (χ3n) is 5.03. The number of carbonyl (C=O) groups excluding carboxylic acids is 2. The maximum atomic E-state index is 12.8. The van der Waals surface area contributed by atoms with Crippen molar-refractivity contribution in [3.63, 3.8) is 0 Å². The van der Waals surface area contributed by atoms with Crippen molar-refractivity contribution in [3.8, 4) is 0 Å². The minimum atomic E-state index is -0.397. The molecule has 0 aliphatic carbocycles. The second-order valence-corrected chi connectivity index (χ2v) is 7.06. The molecule has 3 heterocycles. The number of pyridine rings is 1. The van der Waals surface area contributed by atoms with Crippen LogP contribution in [0.25, 0.3) is 11.0 Å². The molecular formula is C20H20N4O4. The molecular weight excluding hydrogens is 360 g/mol. The zero-order chi connectivity index (χ0) is 19.8. The van der Waals surface area contributed by atoms with Crippen molar-refractivity contribution in [1.29, 1.82) is 0 Å². The first-order valence-corrected chi connectivity index (χ1v) is 9.02. The fraction of sp³-hybridized carbons (Fsp3) is 0.300. The minimum Gasteiger partial charge on any atom is -0.356 e. The molecule has 0 unspecified atom stereocenters. The number of nitrogens with one attached hydrogen (secondary N) is 1. The lowest BCUT2D eigenvalue weighted by atomic mass is 9.96. The Morgan fingerprint density at radius 3 is 2.86 bits per heavy atom. The fourth-order valence-corrected chi connectivity index (χ4v) is 3.55. The number of carbonyl (C=O) groups is 2.